The highest BCUT2D eigenvalue weighted by Crippen LogP contribution is 2.43. The Morgan fingerprint density at radius 3 is 2.12 bits per heavy atom. The molecule has 0 bridgehead atoms. The maximum absolute atomic E-state index is 14.2. The smallest absolute Gasteiger partial charge is 0.257 e. The largest absolute Gasteiger partial charge is 0.392 e. The molecule has 4 aromatic carbocycles. The van der Waals surface area contributed by atoms with E-state index in [4.69, 9.17) is 32.7 Å². The van der Waals surface area contributed by atoms with Crippen molar-refractivity contribution in [2.75, 3.05) is 0 Å². The fourth-order valence-electron chi connectivity index (χ4n) is 5.79. The second-order valence-corrected chi connectivity index (χ2v) is 12.5. The molecule has 7 nitrogen and oxygen atoms in total. The van der Waals surface area contributed by atoms with Crippen LogP contribution in [0.5, 0.6) is 0 Å². The van der Waals surface area contributed by atoms with Crippen molar-refractivity contribution in [3.05, 3.63) is 146 Å². The van der Waals surface area contributed by atoms with Crippen LogP contribution >= 0.6 is 23.2 Å². The second kappa shape index (κ2) is 14.9. The molecule has 260 valence electrons. The number of nitrogens with one attached hydrogen (secondary N) is 1. The molecule has 2 heterocycles. The van der Waals surface area contributed by atoms with Gasteiger partial charge in [-0.3, -0.25) is 4.79 Å². The highest BCUT2D eigenvalue weighted by Gasteiger charge is 2.39. The monoisotopic (exact) mass is 731 g/mol. The quantitative estimate of drug-likeness (QED) is 0.0903. The van der Waals surface area contributed by atoms with E-state index in [1.54, 1.807) is 28.8 Å². The van der Waals surface area contributed by atoms with E-state index in [1.807, 2.05) is 55.5 Å². The van der Waals surface area contributed by atoms with Gasteiger partial charge in [0.1, 0.15) is 10.7 Å². The van der Waals surface area contributed by atoms with E-state index in [-0.39, 0.29) is 29.4 Å². The number of carbonyl (C=O) groups is 1. The summed E-state index contributed by atoms with van der Waals surface area (Å²) in [6.45, 7) is 1.98. The molecule has 4 unspecified atom stereocenters. The summed E-state index contributed by atoms with van der Waals surface area (Å²) in [5.41, 5.74) is 2.71. The Morgan fingerprint density at radius 2 is 1.48 bits per heavy atom. The summed E-state index contributed by atoms with van der Waals surface area (Å²) in [7, 11) is 0. The van der Waals surface area contributed by atoms with E-state index in [0.717, 1.165) is 16.7 Å². The molecule has 1 amide bonds. The molecule has 0 spiro atoms. The third-order valence-electron chi connectivity index (χ3n) is 8.54. The topological polar surface area (TPSA) is 85.6 Å². The number of rotatable bonds is 9. The Kier molecular flexibility index (Phi) is 10.6. The summed E-state index contributed by atoms with van der Waals surface area (Å²) in [6.07, 6.45) is -0.0830. The van der Waals surface area contributed by atoms with Gasteiger partial charge < -0.3 is 24.5 Å². The molecule has 6 rings (SSSR count). The molecule has 1 aliphatic heterocycles. The lowest BCUT2D eigenvalue weighted by Crippen LogP contribution is -2.39. The molecule has 1 saturated heterocycles. The first-order chi connectivity index (χ1) is 24.0. The first-order valence-electron chi connectivity index (χ1n) is 15.3. The Hall–Kier alpha value is -4.33. The lowest BCUT2D eigenvalue weighted by Gasteiger charge is -2.41. The van der Waals surface area contributed by atoms with Crippen molar-refractivity contribution >= 4 is 29.1 Å². The number of aliphatic hydroxyl groups excluding tert-OH is 1. The van der Waals surface area contributed by atoms with Crippen molar-refractivity contribution in [1.29, 1.82) is 0 Å². The predicted molar refractivity (Wildman–Crippen MR) is 174 cm³/mol. The molecular formula is C36H28Cl2F5N3O4. The van der Waals surface area contributed by atoms with Gasteiger partial charge in [-0.25, -0.2) is 26.9 Å². The van der Waals surface area contributed by atoms with Gasteiger partial charge >= 0.3 is 0 Å². The van der Waals surface area contributed by atoms with Gasteiger partial charge in [-0.1, -0.05) is 90.8 Å². The minimum atomic E-state index is -2.35. The lowest BCUT2D eigenvalue weighted by atomic mass is 9.90. The molecule has 0 saturated carbocycles. The van der Waals surface area contributed by atoms with E-state index in [9.17, 15) is 31.9 Å². The summed E-state index contributed by atoms with van der Waals surface area (Å²) < 4.78 is 83.8. The summed E-state index contributed by atoms with van der Waals surface area (Å²) >= 11 is 12.5. The van der Waals surface area contributed by atoms with Gasteiger partial charge in [0.05, 0.1) is 31.7 Å². The van der Waals surface area contributed by atoms with E-state index in [2.05, 4.69) is 10.3 Å². The first-order valence-corrected chi connectivity index (χ1v) is 16.1. The second-order valence-electron chi connectivity index (χ2n) is 11.8. The van der Waals surface area contributed by atoms with Crippen LogP contribution in [-0.2, 0) is 29.2 Å². The summed E-state index contributed by atoms with van der Waals surface area (Å²) in [6, 6.07) is 21.7. The van der Waals surface area contributed by atoms with Gasteiger partial charge in [-0.2, -0.15) is 0 Å². The number of amides is 1. The number of hydrogen-bond acceptors (Lipinski definition) is 5. The maximum atomic E-state index is 14.2. The van der Waals surface area contributed by atoms with Gasteiger partial charge in [-0.05, 0) is 39.9 Å². The van der Waals surface area contributed by atoms with Crippen LogP contribution in [0.4, 0.5) is 22.0 Å². The number of benzene rings is 4. The van der Waals surface area contributed by atoms with Crippen molar-refractivity contribution in [2.45, 2.75) is 45.1 Å². The van der Waals surface area contributed by atoms with Crippen LogP contribution < -0.4 is 5.32 Å². The Morgan fingerprint density at radius 1 is 0.840 bits per heavy atom. The minimum Gasteiger partial charge on any atom is -0.392 e. The average Bonchev–Trinajstić information content (AvgIpc) is 3.45. The Labute approximate surface area is 293 Å². The van der Waals surface area contributed by atoms with Gasteiger partial charge in [0.25, 0.3) is 5.91 Å². The highest BCUT2D eigenvalue weighted by atomic mass is 35.5. The van der Waals surface area contributed by atoms with Crippen LogP contribution in [0.1, 0.15) is 51.9 Å². The van der Waals surface area contributed by atoms with Crippen LogP contribution in [0.2, 0.25) is 10.3 Å². The predicted octanol–water partition coefficient (Wildman–Crippen LogP) is 8.47. The number of aliphatic hydroxyl groups is 1. The number of nitrogens with zero attached hydrogens (tertiary/aromatic N) is 2. The molecule has 0 aliphatic carbocycles. The zero-order valence-electron chi connectivity index (χ0n) is 26.1. The SMILES string of the molecule is CC1C(Cn2cnc(Cl)c2Cl)OC(c2cccc(-c3cccc(CNC(=O)c4c(F)c(F)c(F)c(F)c4F)c3)c2)OC1c1ccc(CO)cc1. The molecule has 0 radical (unpaired) electrons. The van der Waals surface area contributed by atoms with E-state index >= 15 is 0 Å². The minimum absolute atomic E-state index is 0.0959. The molecule has 4 atom stereocenters. The third kappa shape index (κ3) is 7.12. The highest BCUT2D eigenvalue weighted by molar-refractivity contribution is 6.40. The average molecular weight is 733 g/mol. The molecule has 50 heavy (non-hydrogen) atoms. The Balaban J connectivity index is 1.24. The molecule has 5 aromatic rings. The fourth-order valence-corrected chi connectivity index (χ4v) is 6.11. The van der Waals surface area contributed by atoms with Crippen LogP contribution in [-0.4, -0.2) is 26.7 Å². The molecule has 1 aromatic heterocycles. The number of halogens is 7. The van der Waals surface area contributed by atoms with Crippen molar-refractivity contribution in [1.82, 2.24) is 14.9 Å². The number of hydrogen-bond donors (Lipinski definition) is 2. The molecule has 2 N–H and O–H groups in total. The van der Waals surface area contributed by atoms with Crippen molar-refractivity contribution in [3.63, 3.8) is 0 Å². The van der Waals surface area contributed by atoms with Crippen molar-refractivity contribution in [3.8, 4) is 11.1 Å². The summed E-state index contributed by atoms with van der Waals surface area (Å²) in [4.78, 5) is 16.6. The summed E-state index contributed by atoms with van der Waals surface area (Å²) in [5, 5.41) is 12.2. The van der Waals surface area contributed by atoms with E-state index < -0.39 is 59.1 Å². The number of ether oxygens (including phenoxy) is 2. The van der Waals surface area contributed by atoms with Crippen molar-refractivity contribution in [2.24, 2.45) is 5.92 Å². The van der Waals surface area contributed by atoms with Crippen molar-refractivity contribution < 1.29 is 41.3 Å². The lowest BCUT2D eigenvalue weighted by molar-refractivity contribution is -0.276. The van der Waals surface area contributed by atoms with Gasteiger partial charge in [0.15, 0.2) is 34.7 Å². The van der Waals surface area contributed by atoms with E-state index in [0.29, 0.717) is 23.2 Å². The molecular weight excluding hydrogens is 704 g/mol. The third-order valence-corrected chi connectivity index (χ3v) is 9.31. The maximum Gasteiger partial charge on any atom is 0.257 e. The van der Waals surface area contributed by atoms with Crippen LogP contribution in [0, 0.1) is 35.0 Å². The molecule has 1 aliphatic rings. The molecule has 1 fully saturated rings. The summed E-state index contributed by atoms with van der Waals surface area (Å²) in [5.74, 6) is -12.8. The molecule has 14 heteroatoms. The first kappa shape index (κ1) is 35.5. The number of carbonyl (C=O) groups excluding carboxylic acids is 1. The normalized spacial score (nSPS) is 19.1. The van der Waals surface area contributed by atoms with Crippen LogP contribution in [0.15, 0.2) is 79.1 Å². The van der Waals surface area contributed by atoms with Gasteiger partial charge in [-0.15, -0.1) is 0 Å². The zero-order chi connectivity index (χ0) is 35.7. The number of imidazole rings is 1. The zero-order valence-corrected chi connectivity index (χ0v) is 27.7. The van der Waals surface area contributed by atoms with E-state index in [1.165, 1.54) is 6.33 Å². The Bertz CT molecular complexity index is 2020. The number of aromatic nitrogens is 2. The van der Waals surface area contributed by atoms with Gasteiger partial charge in [0, 0.05) is 18.0 Å². The van der Waals surface area contributed by atoms with Gasteiger partial charge in [0.2, 0.25) is 5.82 Å². The van der Waals surface area contributed by atoms with Crippen LogP contribution in [0.3, 0.4) is 0 Å². The fraction of sp³-hybridized carbons (Fsp3) is 0.222. The van der Waals surface area contributed by atoms with Crippen LogP contribution in [0.25, 0.3) is 11.1 Å². The standard InChI is InChI=1S/C36H28Cl2F5N3O4/c1-18-25(15-46-17-45-33(37)34(46)38)49-36(50-32(18)21-10-8-19(16-47)9-11-21)24-7-3-6-23(13-24)22-5-2-4-20(12-22)14-44-35(48)26-27(39)29(41)31(43)30(42)28(26)40/h2-13,17-18,25,32,36,47H,14-16H2,1H3,(H,44,48).